The average Bonchev–Trinajstić information content (AvgIpc) is 2.33. The maximum atomic E-state index is 12.1. The van der Waals surface area contributed by atoms with Crippen molar-refractivity contribution >= 4 is 11.4 Å². The number of aryl methyl sites for hydroxylation is 1. The van der Waals surface area contributed by atoms with Crippen LogP contribution in [-0.4, -0.2) is 18.0 Å². The summed E-state index contributed by atoms with van der Waals surface area (Å²) in [5.74, 6) is 0.651. The second-order valence-electron chi connectivity index (χ2n) is 5.56. The largest absolute Gasteiger partial charge is 0.496 e. The van der Waals surface area contributed by atoms with Crippen LogP contribution in [0.5, 0.6) is 5.75 Å². The highest BCUT2D eigenvalue weighted by molar-refractivity contribution is 6.06. The molecule has 3 nitrogen and oxygen atoms in total. The van der Waals surface area contributed by atoms with Gasteiger partial charge in [-0.05, 0) is 54.7 Å². The molecule has 0 saturated carbocycles. The Labute approximate surface area is 113 Å². The summed E-state index contributed by atoms with van der Waals surface area (Å²) in [6.45, 7) is 7.59. The summed E-state index contributed by atoms with van der Waals surface area (Å²) in [7, 11) is 1.59. The Kier molecular flexibility index (Phi) is 3.27. The molecule has 0 unspecified atom stereocenters. The van der Waals surface area contributed by atoms with Gasteiger partial charge in [0.05, 0.1) is 7.11 Å². The molecule has 0 amide bonds. The van der Waals surface area contributed by atoms with Crippen LogP contribution >= 0.6 is 0 Å². The highest BCUT2D eigenvalue weighted by Gasteiger charge is 2.38. The number of methoxy groups -OCH3 is 1. The SMILES string of the molecule is COc1cc2c(cc1C)C(C(C)C)=CC(=O)[C@@]2(C)O. The summed E-state index contributed by atoms with van der Waals surface area (Å²) in [5.41, 5.74) is 2.06. The smallest absolute Gasteiger partial charge is 0.191 e. The second kappa shape index (κ2) is 4.49. The molecule has 0 bridgehead atoms. The lowest BCUT2D eigenvalue weighted by molar-refractivity contribution is -0.131. The fraction of sp³-hybridized carbons (Fsp3) is 0.438. The molecule has 0 radical (unpaired) electrons. The normalized spacial score (nSPS) is 22.3. The number of aliphatic hydroxyl groups is 1. The molecule has 1 atom stereocenters. The lowest BCUT2D eigenvalue weighted by Crippen LogP contribution is -2.35. The molecule has 0 fully saturated rings. The van der Waals surface area contributed by atoms with E-state index in [0.29, 0.717) is 11.3 Å². The molecular formula is C16H20O3. The van der Waals surface area contributed by atoms with E-state index in [-0.39, 0.29) is 11.7 Å². The van der Waals surface area contributed by atoms with E-state index in [9.17, 15) is 9.90 Å². The highest BCUT2D eigenvalue weighted by atomic mass is 16.5. The number of ketones is 1. The maximum absolute atomic E-state index is 12.1. The van der Waals surface area contributed by atoms with Crippen molar-refractivity contribution in [1.29, 1.82) is 0 Å². The molecule has 0 aromatic heterocycles. The maximum Gasteiger partial charge on any atom is 0.191 e. The van der Waals surface area contributed by atoms with Gasteiger partial charge in [0.1, 0.15) is 11.4 Å². The Balaban J connectivity index is 2.75. The van der Waals surface area contributed by atoms with Crippen molar-refractivity contribution in [2.45, 2.75) is 33.3 Å². The minimum absolute atomic E-state index is 0.228. The molecule has 1 aliphatic carbocycles. The zero-order chi connectivity index (χ0) is 14.4. The summed E-state index contributed by atoms with van der Waals surface area (Å²) in [6.07, 6.45) is 1.57. The minimum atomic E-state index is -1.48. The lowest BCUT2D eigenvalue weighted by Gasteiger charge is -2.31. The summed E-state index contributed by atoms with van der Waals surface area (Å²) in [4.78, 5) is 12.1. The minimum Gasteiger partial charge on any atom is -0.496 e. The number of allylic oxidation sites excluding steroid dienone is 1. The predicted molar refractivity (Wildman–Crippen MR) is 75.1 cm³/mol. The first-order valence-corrected chi connectivity index (χ1v) is 6.47. The van der Waals surface area contributed by atoms with Crippen LogP contribution in [-0.2, 0) is 10.4 Å². The molecule has 3 heteroatoms. The van der Waals surface area contributed by atoms with Gasteiger partial charge >= 0.3 is 0 Å². The van der Waals surface area contributed by atoms with Gasteiger partial charge in [-0.25, -0.2) is 0 Å². The molecule has 19 heavy (non-hydrogen) atoms. The van der Waals surface area contributed by atoms with E-state index < -0.39 is 5.60 Å². The number of fused-ring (bicyclic) bond motifs is 1. The van der Waals surface area contributed by atoms with Gasteiger partial charge < -0.3 is 9.84 Å². The molecule has 1 aromatic carbocycles. The van der Waals surface area contributed by atoms with E-state index in [1.54, 1.807) is 19.3 Å². The average molecular weight is 260 g/mol. The standard InChI is InChI=1S/C16H20O3/c1-9(2)11-7-15(17)16(4,18)13-8-14(19-5)10(3)6-12(11)13/h6-9,18H,1-5H3/t16-/m0/s1. The molecule has 0 heterocycles. The van der Waals surface area contributed by atoms with Crippen LogP contribution in [0.2, 0.25) is 0 Å². The van der Waals surface area contributed by atoms with Crippen LogP contribution < -0.4 is 4.74 Å². The van der Waals surface area contributed by atoms with E-state index in [1.807, 2.05) is 26.8 Å². The summed E-state index contributed by atoms with van der Waals surface area (Å²) >= 11 is 0. The zero-order valence-electron chi connectivity index (χ0n) is 12.1. The van der Waals surface area contributed by atoms with Gasteiger partial charge in [0, 0.05) is 5.56 Å². The Morgan fingerprint density at radius 1 is 1.32 bits per heavy atom. The van der Waals surface area contributed by atoms with E-state index >= 15 is 0 Å². The Hall–Kier alpha value is -1.61. The molecular weight excluding hydrogens is 240 g/mol. The van der Waals surface area contributed by atoms with Gasteiger partial charge in [-0.1, -0.05) is 13.8 Å². The van der Waals surface area contributed by atoms with E-state index in [2.05, 4.69) is 0 Å². The van der Waals surface area contributed by atoms with Crippen LogP contribution in [0.25, 0.3) is 5.57 Å². The van der Waals surface area contributed by atoms with E-state index in [1.165, 1.54) is 6.92 Å². The van der Waals surface area contributed by atoms with Crippen molar-refractivity contribution in [3.63, 3.8) is 0 Å². The number of hydrogen-bond acceptors (Lipinski definition) is 3. The second-order valence-corrected chi connectivity index (χ2v) is 5.56. The zero-order valence-corrected chi connectivity index (χ0v) is 12.1. The molecule has 1 N–H and O–H groups in total. The quantitative estimate of drug-likeness (QED) is 0.889. The third-order valence-electron chi connectivity index (χ3n) is 3.76. The molecule has 0 spiro atoms. The van der Waals surface area contributed by atoms with Crippen molar-refractivity contribution in [1.82, 2.24) is 0 Å². The van der Waals surface area contributed by atoms with Gasteiger partial charge in [-0.2, -0.15) is 0 Å². The van der Waals surface area contributed by atoms with Crippen LogP contribution in [0.3, 0.4) is 0 Å². The number of benzene rings is 1. The Morgan fingerprint density at radius 3 is 2.47 bits per heavy atom. The van der Waals surface area contributed by atoms with Gasteiger partial charge in [0.15, 0.2) is 5.78 Å². The third-order valence-corrected chi connectivity index (χ3v) is 3.76. The van der Waals surface area contributed by atoms with E-state index in [0.717, 1.165) is 16.7 Å². The van der Waals surface area contributed by atoms with Crippen molar-refractivity contribution in [3.05, 3.63) is 34.9 Å². The molecule has 1 aliphatic rings. The number of carbonyl (C=O) groups is 1. The first-order valence-electron chi connectivity index (χ1n) is 6.47. The van der Waals surface area contributed by atoms with Gasteiger partial charge in [0.2, 0.25) is 0 Å². The van der Waals surface area contributed by atoms with Crippen LogP contribution in [0, 0.1) is 12.8 Å². The lowest BCUT2D eigenvalue weighted by atomic mass is 9.76. The Bertz CT molecular complexity index is 566. The first-order chi connectivity index (χ1) is 8.78. The van der Waals surface area contributed by atoms with Crippen molar-refractivity contribution in [2.75, 3.05) is 7.11 Å². The molecule has 102 valence electrons. The van der Waals surface area contributed by atoms with Crippen molar-refractivity contribution in [3.8, 4) is 5.75 Å². The molecule has 1 aromatic rings. The fourth-order valence-corrected chi connectivity index (χ4v) is 2.52. The third kappa shape index (κ3) is 2.08. The predicted octanol–water partition coefficient (Wildman–Crippen LogP) is 2.83. The highest BCUT2D eigenvalue weighted by Crippen LogP contribution is 2.41. The first kappa shape index (κ1) is 13.8. The molecule has 0 aliphatic heterocycles. The summed E-state index contributed by atoms with van der Waals surface area (Å²) in [6, 6.07) is 3.76. The number of hydrogen-bond donors (Lipinski definition) is 1. The monoisotopic (exact) mass is 260 g/mol. The van der Waals surface area contributed by atoms with Crippen molar-refractivity contribution < 1.29 is 14.6 Å². The summed E-state index contributed by atoms with van der Waals surface area (Å²) < 4.78 is 5.29. The topological polar surface area (TPSA) is 46.5 Å². The van der Waals surface area contributed by atoms with Gasteiger partial charge in [-0.15, -0.1) is 0 Å². The van der Waals surface area contributed by atoms with E-state index in [4.69, 9.17) is 4.74 Å². The van der Waals surface area contributed by atoms with Crippen LogP contribution in [0.15, 0.2) is 18.2 Å². The fourth-order valence-electron chi connectivity index (χ4n) is 2.52. The number of ether oxygens (including phenoxy) is 1. The molecule has 2 rings (SSSR count). The van der Waals surface area contributed by atoms with Crippen LogP contribution in [0.4, 0.5) is 0 Å². The molecule has 0 saturated heterocycles. The Morgan fingerprint density at radius 2 is 1.95 bits per heavy atom. The van der Waals surface area contributed by atoms with Gasteiger partial charge in [-0.3, -0.25) is 4.79 Å². The van der Waals surface area contributed by atoms with Gasteiger partial charge in [0.25, 0.3) is 0 Å². The summed E-state index contributed by atoms with van der Waals surface area (Å²) in [5, 5.41) is 10.5. The number of rotatable bonds is 2. The van der Waals surface area contributed by atoms with Crippen LogP contribution in [0.1, 0.15) is 37.5 Å². The van der Waals surface area contributed by atoms with Crippen molar-refractivity contribution in [2.24, 2.45) is 5.92 Å². The number of carbonyl (C=O) groups excluding carboxylic acids is 1.